The van der Waals surface area contributed by atoms with Gasteiger partial charge in [0.1, 0.15) is 0 Å². The highest BCUT2D eigenvalue weighted by Gasteiger charge is 2.22. The second-order valence-corrected chi connectivity index (χ2v) is 11.2. The van der Waals surface area contributed by atoms with Gasteiger partial charge in [-0.25, -0.2) is 0 Å². The van der Waals surface area contributed by atoms with Crippen molar-refractivity contribution in [1.29, 1.82) is 0 Å². The van der Waals surface area contributed by atoms with Gasteiger partial charge in [0.2, 0.25) is 0 Å². The van der Waals surface area contributed by atoms with Crippen molar-refractivity contribution in [1.82, 2.24) is 0 Å². The van der Waals surface area contributed by atoms with Gasteiger partial charge in [0.05, 0.1) is 0 Å². The molecule has 0 N–H and O–H groups in total. The van der Waals surface area contributed by atoms with Crippen molar-refractivity contribution in [3.63, 3.8) is 0 Å². The van der Waals surface area contributed by atoms with Crippen LogP contribution < -0.4 is 0 Å². The van der Waals surface area contributed by atoms with E-state index in [9.17, 15) is 0 Å². The van der Waals surface area contributed by atoms with Crippen LogP contribution in [0, 0.1) is 0 Å². The summed E-state index contributed by atoms with van der Waals surface area (Å²) in [4.78, 5) is 0. The van der Waals surface area contributed by atoms with Crippen LogP contribution in [-0.4, -0.2) is 17.3 Å². The Labute approximate surface area is 65.3 Å². The molecular weight excluding hydrogens is 231 g/mol. The highest BCUT2D eigenvalue weighted by Crippen LogP contribution is 2.60. The number of hydrogen-bond donors (Lipinski definition) is 0. The Kier molecular flexibility index (Phi) is 2.49. The Morgan fingerprint density at radius 2 is 1.88 bits per heavy atom. The molecule has 0 spiro atoms. The number of halogens is 1. The highest BCUT2D eigenvalue weighted by molar-refractivity contribution is 14.2. The molecular formula is C6H13IS. The molecule has 0 atom stereocenters. The van der Waals surface area contributed by atoms with E-state index in [4.69, 9.17) is 0 Å². The summed E-state index contributed by atoms with van der Waals surface area (Å²) >= 11 is 2.71. The summed E-state index contributed by atoms with van der Waals surface area (Å²) in [6.07, 6.45) is 3.01. The third-order valence-electron chi connectivity index (χ3n) is 1.79. The monoisotopic (exact) mass is 244 g/mol. The molecule has 0 unspecified atom stereocenters. The fourth-order valence-electron chi connectivity index (χ4n) is 1.11. The van der Waals surface area contributed by atoms with Crippen molar-refractivity contribution in [2.45, 2.75) is 19.8 Å². The van der Waals surface area contributed by atoms with Crippen LogP contribution in [0.1, 0.15) is 19.8 Å². The predicted molar refractivity (Wildman–Crippen MR) is 51.1 cm³/mol. The lowest BCUT2D eigenvalue weighted by atomic mass is 10.4. The third kappa shape index (κ3) is 1.53. The van der Waals surface area contributed by atoms with Gasteiger partial charge >= 0.3 is 0 Å². The van der Waals surface area contributed by atoms with E-state index in [1.165, 1.54) is 18.6 Å². The van der Waals surface area contributed by atoms with Crippen molar-refractivity contribution in [2.24, 2.45) is 0 Å². The SMILES string of the molecule is CCS1(I)CCCC1. The van der Waals surface area contributed by atoms with E-state index >= 15 is 0 Å². The smallest absolute Gasteiger partial charge is 0.0143 e. The molecule has 50 valence electrons. The molecule has 8 heavy (non-hydrogen) atoms. The first-order valence-corrected chi connectivity index (χ1v) is 7.91. The molecule has 0 amide bonds. The molecule has 0 saturated carbocycles. The molecule has 0 aliphatic carbocycles. The minimum absolute atomic E-state index is 0.0717. The van der Waals surface area contributed by atoms with Gasteiger partial charge in [-0.1, -0.05) is 6.92 Å². The minimum Gasteiger partial charge on any atom is -0.188 e. The zero-order valence-electron chi connectivity index (χ0n) is 5.32. The summed E-state index contributed by atoms with van der Waals surface area (Å²) in [5.74, 6) is 4.54. The summed E-state index contributed by atoms with van der Waals surface area (Å²) in [5.41, 5.74) is 0. The zero-order chi connectivity index (χ0) is 6.04. The Morgan fingerprint density at radius 3 is 2.12 bits per heavy atom. The fourth-order valence-corrected chi connectivity index (χ4v) is 5.21. The van der Waals surface area contributed by atoms with E-state index in [0.717, 1.165) is 0 Å². The molecule has 0 nitrogen and oxygen atoms in total. The summed E-state index contributed by atoms with van der Waals surface area (Å²) < 4.78 is 0. The van der Waals surface area contributed by atoms with Gasteiger partial charge in [0.15, 0.2) is 0 Å². The van der Waals surface area contributed by atoms with Crippen LogP contribution in [0.2, 0.25) is 0 Å². The molecule has 1 heterocycles. The van der Waals surface area contributed by atoms with E-state index in [-0.39, 0.29) is 7.20 Å². The zero-order valence-corrected chi connectivity index (χ0v) is 8.30. The topological polar surface area (TPSA) is 0 Å². The Balaban J connectivity index is 2.40. The van der Waals surface area contributed by atoms with Crippen LogP contribution in [0.5, 0.6) is 0 Å². The second kappa shape index (κ2) is 2.78. The summed E-state index contributed by atoms with van der Waals surface area (Å²) in [7, 11) is -0.0717. The maximum Gasteiger partial charge on any atom is -0.0143 e. The first kappa shape index (κ1) is 7.19. The van der Waals surface area contributed by atoms with E-state index in [1.807, 2.05) is 0 Å². The van der Waals surface area contributed by atoms with Gasteiger partial charge in [-0.2, -0.15) is 7.20 Å². The van der Waals surface area contributed by atoms with Gasteiger partial charge < -0.3 is 0 Å². The minimum atomic E-state index is -0.0717. The molecule has 1 fully saturated rings. The van der Waals surface area contributed by atoms with Crippen LogP contribution in [0.4, 0.5) is 0 Å². The molecule has 2 heteroatoms. The maximum atomic E-state index is 2.71. The van der Waals surface area contributed by atoms with Gasteiger partial charge in [-0.3, -0.25) is 0 Å². The van der Waals surface area contributed by atoms with E-state index in [0.29, 0.717) is 0 Å². The van der Waals surface area contributed by atoms with Crippen LogP contribution in [0.3, 0.4) is 0 Å². The Hall–Kier alpha value is 1.08. The standard InChI is InChI=1S/C6H13IS/c1-2-8(7)5-3-4-6-8/h2-6H2,1H3. The summed E-state index contributed by atoms with van der Waals surface area (Å²) in [6.45, 7) is 2.34. The molecule has 0 aromatic carbocycles. The lowest BCUT2D eigenvalue weighted by molar-refractivity contribution is 0.949. The number of hydrogen-bond acceptors (Lipinski definition) is 0. The molecule has 1 rings (SSSR count). The maximum absolute atomic E-state index is 2.71. The highest BCUT2D eigenvalue weighted by atomic mass is 127. The van der Waals surface area contributed by atoms with Crippen molar-refractivity contribution in [3.8, 4) is 0 Å². The number of rotatable bonds is 1. The molecule has 1 aliphatic rings. The van der Waals surface area contributed by atoms with Crippen molar-refractivity contribution >= 4 is 28.4 Å². The molecule has 0 radical (unpaired) electrons. The van der Waals surface area contributed by atoms with Crippen LogP contribution in [0.15, 0.2) is 0 Å². The summed E-state index contributed by atoms with van der Waals surface area (Å²) in [6, 6.07) is 0. The van der Waals surface area contributed by atoms with E-state index in [2.05, 4.69) is 28.1 Å². The predicted octanol–water partition coefficient (Wildman–Crippen LogP) is 2.95. The average Bonchev–Trinajstić information content (AvgIpc) is 2.17. The van der Waals surface area contributed by atoms with Crippen LogP contribution >= 0.6 is 28.4 Å². The van der Waals surface area contributed by atoms with E-state index in [1.54, 1.807) is 11.5 Å². The van der Waals surface area contributed by atoms with Crippen molar-refractivity contribution in [2.75, 3.05) is 17.3 Å². The molecule has 0 aromatic rings. The molecule has 0 bridgehead atoms. The lowest BCUT2D eigenvalue weighted by Gasteiger charge is -2.24. The average molecular weight is 244 g/mol. The fraction of sp³-hybridized carbons (Fsp3) is 1.00. The first-order valence-electron chi connectivity index (χ1n) is 3.23. The van der Waals surface area contributed by atoms with Gasteiger partial charge in [-0.15, -0.1) is 0 Å². The first-order chi connectivity index (χ1) is 3.77. The Bertz CT molecular complexity index is 76.6. The second-order valence-electron chi connectivity index (χ2n) is 2.34. The molecule has 1 aliphatic heterocycles. The van der Waals surface area contributed by atoms with Gasteiger partial charge in [-0.05, 0) is 51.3 Å². The molecule has 1 saturated heterocycles. The quantitative estimate of drug-likeness (QED) is 0.622. The van der Waals surface area contributed by atoms with Gasteiger partial charge in [0.25, 0.3) is 0 Å². The van der Waals surface area contributed by atoms with Gasteiger partial charge in [0, 0.05) is 0 Å². The van der Waals surface area contributed by atoms with E-state index < -0.39 is 0 Å². The van der Waals surface area contributed by atoms with Crippen molar-refractivity contribution < 1.29 is 0 Å². The normalized spacial score (nSPS) is 30.2. The van der Waals surface area contributed by atoms with Crippen molar-refractivity contribution in [3.05, 3.63) is 0 Å². The Morgan fingerprint density at radius 1 is 1.38 bits per heavy atom. The summed E-state index contributed by atoms with van der Waals surface area (Å²) in [5, 5.41) is 0. The largest absolute Gasteiger partial charge is 0.188 e. The van der Waals surface area contributed by atoms with Crippen LogP contribution in [-0.2, 0) is 0 Å². The third-order valence-corrected chi connectivity index (χ3v) is 9.37. The van der Waals surface area contributed by atoms with Crippen LogP contribution in [0.25, 0.3) is 0 Å². The lowest BCUT2D eigenvalue weighted by Crippen LogP contribution is -1.93. The molecule has 0 aromatic heterocycles.